The Balaban J connectivity index is 4.22. The Morgan fingerprint density at radius 3 is 1.12 bits per heavy atom. The summed E-state index contributed by atoms with van der Waals surface area (Å²) in [6.07, 6.45) is 96.5. The van der Waals surface area contributed by atoms with Gasteiger partial charge in [0.1, 0.15) is 13.2 Å². The van der Waals surface area contributed by atoms with Crippen LogP contribution >= 0.6 is 7.82 Å². The summed E-state index contributed by atoms with van der Waals surface area (Å²) in [5, 5.41) is 13.9. The largest absolute Gasteiger partial charge is 0.472 e. The number of aliphatic hydroxyl groups is 1. The van der Waals surface area contributed by atoms with Gasteiger partial charge in [-0.15, -0.1) is 0 Å². The molecular formula is C73H124N2O6P+. The van der Waals surface area contributed by atoms with Crippen molar-refractivity contribution >= 4 is 13.7 Å². The Hall–Kier alpha value is -3.88. The fourth-order valence-corrected chi connectivity index (χ4v) is 9.37. The summed E-state index contributed by atoms with van der Waals surface area (Å²) in [7, 11) is 1.52. The number of phosphoric ester groups is 1. The van der Waals surface area contributed by atoms with Gasteiger partial charge < -0.3 is 19.8 Å². The first kappa shape index (κ1) is 78.1. The van der Waals surface area contributed by atoms with E-state index in [0.29, 0.717) is 17.4 Å². The van der Waals surface area contributed by atoms with Gasteiger partial charge >= 0.3 is 7.82 Å². The van der Waals surface area contributed by atoms with Crippen LogP contribution in [0.25, 0.3) is 0 Å². The topological polar surface area (TPSA) is 105 Å². The molecule has 0 aromatic rings. The number of amides is 1. The van der Waals surface area contributed by atoms with Crippen LogP contribution in [-0.2, 0) is 18.4 Å². The molecule has 0 aliphatic carbocycles. The van der Waals surface area contributed by atoms with Gasteiger partial charge in [0.2, 0.25) is 5.91 Å². The number of aliphatic hydroxyl groups excluding tert-OH is 1. The standard InChI is InChI=1S/C73H123N2O6P/c1-6-8-10-12-14-16-18-20-22-24-26-28-29-30-31-32-33-34-35-36-37-38-39-40-41-42-43-44-45-47-49-51-53-55-57-59-61-63-65-67-73(77)74-71(70-81-82(78,79)80-69-68-75(3,4)5)72(76)66-64-62-60-58-56-54-52-50-48-46-27-25-23-21-19-17-15-13-11-9-7-2/h8,10,14,16,20,22,26,28,30-31,33-34,36-37,39-40,42-43,45,47-48,50,56,58,64,66,71-72,76H,6-7,9,11-13,15,17-19,21,23-25,27,29,32,35,38,41,44,46,49,51-55,57,59-63,65,67-70H2,1-5H3,(H-,74,77,78,79)/p+1/b10-8-,16-14-,22-20-,28-26-,31-30-,34-33-,37-36-,40-39-,43-42-,47-45-,50-48+,58-56+,66-64+. The second kappa shape index (κ2) is 61.7. The minimum absolute atomic E-state index is 0.0438. The molecule has 0 aliphatic rings. The number of likely N-dealkylation sites (N-methyl/N-ethyl adjacent to an activating group) is 1. The summed E-state index contributed by atoms with van der Waals surface area (Å²) in [5.74, 6) is -0.205. The van der Waals surface area contributed by atoms with Gasteiger partial charge in [0.25, 0.3) is 0 Å². The van der Waals surface area contributed by atoms with Crippen molar-refractivity contribution in [3.63, 3.8) is 0 Å². The number of nitrogens with one attached hydrogen (secondary N) is 1. The zero-order valence-electron chi connectivity index (χ0n) is 53.2. The monoisotopic (exact) mass is 1160 g/mol. The molecule has 9 heteroatoms. The minimum Gasteiger partial charge on any atom is -0.387 e. The van der Waals surface area contributed by atoms with E-state index in [-0.39, 0.29) is 19.1 Å². The molecule has 3 N–H and O–H groups in total. The number of quaternary nitrogens is 1. The van der Waals surface area contributed by atoms with Crippen LogP contribution in [0.15, 0.2) is 158 Å². The first-order valence-electron chi connectivity index (χ1n) is 32.9. The predicted octanol–water partition coefficient (Wildman–Crippen LogP) is 21.0. The summed E-state index contributed by atoms with van der Waals surface area (Å²) >= 11 is 0. The molecule has 0 saturated carbocycles. The van der Waals surface area contributed by atoms with Crippen LogP contribution in [-0.4, -0.2) is 73.4 Å². The van der Waals surface area contributed by atoms with E-state index in [2.05, 4.69) is 165 Å². The Kier molecular flexibility index (Phi) is 58.8. The first-order chi connectivity index (χ1) is 40.0. The number of hydrogen-bond acceptors (Lipinski definition) is 5. The molecule has 0 heterocycles. The fourth-order valence-electron chi connectivity index (χ4n) is 8.63. The lowest BCUT2D eigenvalue weighted by atomic mass is 10.1. The maximum Gasteiger partial charge on any atom is 0.472 e. The highest BCUT2D eigenvalue weighted by Crippen LogP contribution is 2.43. The molecule has 0 aromatic heterocycles. The van der Waals surface area contributed by atoms with Gasteiger partial charge in [0.15, 0.2) is 0 Å². The third kappa shape index (κ3) is 63.7. The van der Waals surface area contributed by atoms with E-state index in [9.17, 15) is 19.4 Å². The minimum atomic E-state index is -4.38. The summed E-state index contributed by atoms with van der Waals surface area (Å²) in [4.78, 5) is 23.4. The molecule has 1 amide bonds. The number of carbonyl (C=O) groups is 1. The predicted molar refractivity (Wildman–Crippen MR) is 359 cm³/mol. The quantitative estimate of drug-likeness (QED) is 0.0243. The molecule has 3 unspecified atom stereocenters. The van der Waals surface area contributed by atoms with E-state index in [1.165, 1.54) is 103 Å². The lowest BCUT2D eigenvalue weighted by Crippen LogP contribution is -2.45. The summed E-state index contributed by atoms with van der Waals surface area (Å²) in [5.41, 5.74) is 0. The van der Waals surface area contributed by atoms with E-state index in [4.69, 9.17) is 9.05 Å². The summed E-state index contributed by atoms with van der Waals surface area (Å²) < 4.78 is 23.7. The number of hydrogen-bond donors (Lipinski definition) is 3. The SMILES string of the molecule is CC/C=C\C/C=C\C/C=C\C/C=C\C/C=C\C/C=C\C/C=C\C/C=C\C/C=C\C/C=C\CCCCCCCCCCC(=O)NC(COP(=O)(O)OCC[N+](C)(C)C)C(O)/C=C/CC/C=C/CC/C=C/CCCCCCCCCCCCC. The highest BCUT2D eigenvalue weighted by atomic mass is 31.2. The highest BCUT2D eigenvalue weighted by molar-refractivity contribution is 7.47. The number of unbranched alkanes of at least 4 members (excludes halogenated alkanes) is 21. The smallest absolute Gasteiger partial charge is 0.387 e. The van der Waals surface area contributed by atoms with Crippen LogP contribution in [0.3, 0.4) is 0 Å². The van der Waals surface area contributed by atoms with Crippen molar-refractivity contribution < 1.29 is 32.9 Å². The van der Waals surface area contributed by atoms with E-state index < -0.39 is 20.0 Å². The van der Waals surface area contributed by atoms with Gasteiger partial charge in [0.05, 0.1) is 39.9 Å². The molecular weight excluding hydrogens is 1030 g/mol. The molecule has 466 valence electrons. The van der Waals surface area contributed by atoms with Crippen LogP contribution in [0.2, 0.25) is 0 Å². The molecule has 3 atom stereocenters. The second-order valence-electron chi connectivity index (χ2n) is 22.7. The molecule has 0 spiro atoms. The molecule has 82 heavy (non-hydrogen) atoms. The van der Waals surface area contributed by atoms with Crippen molar-refractivity contribution in [3.05, 3.63) is 158 Å². The number of nitrogens with zero attached hydrogens (tertiary/aromatic N) is 1. The maximum absolute atomic E-state index is 13.0. The van der Waals surface area contributed by atoms with Gasteiger partial charge in [-0.1, -0.05) is 275 Å². The van der Waals surface area contributed by atoms with Crippen LogP contribution < -0.4 is 5.32 Å². The lowest BCUT2D eigenvalue weighted by Gasteiger charge is -2.25. The Bertz CT molecular complexity index is 1890. The Labute approximate surface area is 505 Å². The van der Waals surface area contributed by atoms with Crippen molar-refractivity contribution in [3.8, 4) is 0 Å². The third-order valence-electron chi connectivity index (χ3n) is 13.7. The molecule has 0 aliphatic heterocycles. The summed E-state index contributed by atoms with van der Waals surface area (Å²) in [6, 6.07) is -0.887. The molecule has 0 fully saturated rings. The number of rotatable bonds is 58. The van der Waals surface area contributed by atoms with Gasteiger partial charge in [-0.05, 0) is 122 Å². The van der Waals surface area contributed by atoms with Crippen LogP contribution in [0, 0.1) is 0 Å². The van der Waals surface area contributed by atoms with Crippen molar-refractivity contribution in [1.82, 2.24) is 5.32 Å². The van der Waals surface area contributed by atoms with Crippen LogP contribution in [0.4, 0.5) is 0 Å². The normalized spacial score (nSPS) is 14.8. The van der Waals surface area contributed by atoms with Crippen molar-refractivity contribution in [2.45, 2.75) is 257 Å². The van der Waals surface area contributed by atoms with Gasteiger partial charge in [-0.2, -0.15) is 0 Å². The maximum atomic E-state index is 13.0. The molecule has 0 saturated heterocycles. The van der Waals surface area contributed by atoms with Crippen LogP contribution in [0.1, 0.15) is 245 Å². The third-order valence-corrected chi connectivity index (χ3v) is 14.7. The Morgan fingerprint density at radius 1 is 0.427 bits per heavy atom. The molecule has 8 nitrogen and oxygen atoms in total. The average Bonchev–Trinajstić information content (AvgIpc) is 3.46. The van der Waals surface area contributed by atoms with Crippen molar-refractivity contribution in [2.24, 2.45) is 0 Å². The lowest BCUT2D eigenvalue weighted by molar-refractivity contribution is -0.870. The van der Waals surface area contributed by atoms with E-state index in [1.54, 1.807) is 6.08 Å². The zero-order chi connectivity index (χ0) is 59.8. The molecule has 0 aromatic carbocycles. The molecule has 0 rings (SSSR count). The van der Waals surface area contributed by atoms with Crippen LogP contribution in [0.5, 0.6) is 0 Å². The zero-order valence-corrected chi connectivity index (χ0v) is 54.1. The number of carbonyl (C=O) groups excluding carboxylic acids is 1. The summed E-state index contributed by atoms with van der Waals surface area (Å²) in [6.45, 7) is 4.66. The van der Waals surface area contributed by atoms with E-state index >= 15 is 0 Å². The van der Waals surface area contributed by atoms with E-state index in [1.807, 2.05) is 27.2 Å². The van der Waals surface area contributed by atoms with E-state index in [0.717, 1.165) is 122 Å². The fraction of sp³-hybridized carbons (Fsp3) is 0.630. The number of phosphoric acid groups is 1. The van der Waals surface area contributed by atoms with Gasteiger partial charge in [-0.25, -0.2) is 4.57 Å². The van der Waals surface area contributed by atoms with Gasteiger partial charge in [-0.3, -0.25) is 13.8 Å². The van der Waals surface area contributed by atoms with Crippen molar-refractivity contribution in [2.75, 3.05) is 40.9 Å². The molecule has 0 radical (unpaired) electrons. The van der Waals surface area contributed by atoms with Gasteiger partial charge in [0, 0.05) is 6.42 Å². The average molecular weight is 1160 g/mol. The highest BCUT2D eigenvalue weighted by Gasteiger charge is 2.27. The number of allylic oxidation sites excluding steroid dienone is 25. The first-order valence-corrected chi connectivity index (χ1v) is 34.4. The Morgan fingerprint density at radius 2 is 0.744 bits per heavy atom. The second-order valence-corrected chi connectivity index (χ2v) is 24.2. The van der Waals surface area contributed by atoms with Crippen molar-refractivity contribution in [1.29, 1.82) is 0 Å². The molecule has 0 bridgehead atoms.